The van der Waals surface area contributed by atoms with E-state index >= 15 is 0 Å². The Kier molecular flexibility index (Phi) is 8.43. The quantitative estimate of drug-likeness (QED) is 0.253. The normalized spacial score (nSPS) is 12.1. The van der Waals surface area contributed by atoms with Crippen LogP contribution in [0, 0.1) is 0 Å². The van der Waals surface area contributed by atoms with Crippen molar-refractivity contribution in [1.82, 2.24) is 35.1 Å². The number of H-pyrrole nitrogens is 1. The van der Waals surface area contributed by atoms with Crippen LogP contribution >= 0.6 is 0 Å². The Hall–Kier alpha value is -4.61. The van der Waals surface area contributed by atoms with Gasteiger partial charge in [-0.2, -0.15) is 0 Å². The van der Waals surface area contributed by atoms with Crippen LogP contribution in [0.25, 0.3) is 10.9 Å². The van der Waals surface area contributed by atoms with Crippen molar-refractivity contribution in [1.29, 1.82) is 0 Å². The zero-order valence-corrected chi connectivity index (χ0v) is 22.7. The molecule has 11 heteroatoms. The van der Waals surface area contributed by atoms with Crippen LogP contribution in [0.1, 0.15) is 28.6 Å². The molecule has 5 rings (SSSR count). The van der Waals surface area contributed by atoms with Gasteiger partial charge >= 0.3 is 0 Å². The van der Waals surface area contributed by atoms with Crippen molar-refractivity contribution >= 4 is 10.9 Å². The summed E-state index contributed by atoms with van der Waals surface area (Å²) in [7, 11) is 4.77. The summed E-state index contributed by atoms with van der Waals surface area (Å²) in [6.45, 7) is 1.87. The van der Waals surface area contributed by atoms with Crippen molar-refractivity contribution in [3.8, 4) is 11.5 Å². The SMILES string of the molecule is COCCn1nnnc1C(c1cc2cc(OC)c(OC)cc2[nH]c1=O)N(Cc1ccccc1)Cc1cccnc1. The van der Waals surface area contributed by atoms with E-state index in [0.29, 0.717) is 54.6 Å². The minimum atomic E-state index is -0.603. The molecule has 0 bridgehead atoms. The van der Waals surface area contributed by atoms with Crippen LogP contribution in [0.2, 0.25) is 0 Å². The smallest absolute Gasteiger partial charge is 0.253 e. The number of aromatic amines is 1. The summed E-state index contributed by atoms with van der Waals surface area (Å²) in [6.07, 6.45) is 3.56. The van der Waals surface area contributed by atoms with E-state index in [1.165, 1.54) is 0 Å². The molecule has 0 amide bonds. The van der Waals surface area contributed by atoms with Crippen LogP contribution in [-0.4, -0.2) is 63.0 Å². The number of nitrogens with zero attached hydrogens (tertiary/aromatic N) is 6. The van der Waals surface area contributed by atoms with E-state index in [9.17, 15) is 4.79 Å². The Balaban J connectivity index is 1.70. The number of methoxy groups -OCH3 is 3. The average molecular weight is 542 g/mol. The number of hydrogen-bond donors (Lipinski definition) is 1. The first-order chi connectivity index (χ1) is 19.6. The number of pyridine rings is 2. The topological polar surface area (TPSA) is 120 Å². The highest BCUT2D eigenvalue weighted by atomic mass is 16.5. The molecule has 1 unspecified atom stereocenters. The average Bonchev–Trinajstić information content (AvgIpc) is 3.44. The van der Waals surface area contributed by atoms with Crippen molar-refractivity contribution in [3.05, 3.63) is 106 Å². The molecule has 1 N–H and O–H groups in total. The fourth-order valence-electron chi connectivity index (χ4n) is 4.78. The molecule has 0 aliphatic rings. The van der Waals surface area contributed by atoms with E-state index in [1.54, 1.807) is 38.3 Å². The fraction of sp³-hybridized carbons (Fsp3) is 0.276. The number of ether oxygens (including phenoxy) is 3. The molecule has 0 spiro atoms. The molecule has 0 saturated carbocycles. The van der Waals surface area contributed by atoms with Gasteiger partial charge in [0.05, 0.1) is 32.9 Å². The van der Waals surface area contributed by atoms with Gasteiger partial charge in [-0.25, -0.2) is 4.68 Å². The van der Waals surface area contributed by atoms with Gasteiger partial charge in [-0.15, -0.1) is 5.10 Å². The molecule has 2 aromatic carbocycles. The second-order valence-corrected chi connectivity index (χ2v) is 9.26. The van der Waals surface area contributed by atoms with E-state index in [0.717, 1.165) is 16.5 Å². The third-order valence-electron chi connectivity index (χ3n) is 6.69. The zero-order chi connectivity index (χ0) is 27.9. The van der Waals surface area contributed by atoms with Gasteiger partial charge in [0.1, 0.15) is 6.04 Å². The second kappa shape index (κ2) is 12.5. The third-order valence-corrected chi connectivity index (χ3v) is 6.69. The Morgan fingerprint density at radius 2 is 1.70 bits per heavy atom. The van der Waals surface area contributed by atoms with Gasteiger partial charge in [0.2, 0.25) is 0 Å². The Morgan fingerprint density at radius 3 is 2.42 bits per heavy atom. The highest BCUT2D eigenvalue weighted by molar-refractivity contribution is 5.83. The Morgan fingerprint density at radius 1 is 0.950 bits per heavy atom. The highest BCUT2D eigenvalue weighted by Crippen LogP contribution is 2.34. The number of benzene rings is 2. The number of tetrazole rings is 1. The first-order valence-corrected chi connectivity index (χ1v) is 12.8. The maximum Gasteiger partial charge on any atom is 0.253 e. The summed E-state index contributed by atoms with van der Waals surface area (Å²) in [5, 5.41) is 13.4. The summed E-state index contributed by atoms with van der Waals surface area (Å²) in [5.41, 5.74) is 2.94. The lowest BCUT2D eigenvalue weighted by Gasteiger charge is -2.31. The molecular weight excluding hydrogens is 510 g/mol. The lowest BCUT2D eigenvalue weighted by Crippen LogP contribution is -2.35. The van der Waals surface area contributed by atoms with E-state index in [-0.39, 0.29) is 5.56 Å². The van der Waals surface area contributed by atoms with Crippen molar-refractivity contribution < 1.29 is 14.2 Å². The van der Waals surface area contributed by atoms with Crippen LogP contribution in [-0.2, 0) is 24.4 Å². The molecule has 3 heterocycles. The molecule has 11 nitrogen and oxygen atoms in total. The monoisotopic (exact) mass is 541 g/mol. The summed E-state index contributed by atoms with van der Waals surface area (Å²) in [6, 6.07) is 18.9. The van der Waals surface area contributed by atoms with Crippen molar-refractivity contribution in [2.24, 2.45) is 0 Å². The summed E-state index contributed by atoms with van der Waals surface area (Å²) < 4.78 is 18.0. The van der Waals surface area contributed by atoms with E-state index in [4.69, 9.17) is 14.2 Å². The Labute approximate surface area is 231 Å². The molecule has 206 valence electrons. The first kappa shape index (κ1) is 27.0. The molecule has 3 aromatic heterocycles. The molecular formula is C29H31N7O4. The van der Waals surface area contributed by atoms with Gasteiger partial charge in [-0.3, -0.25) is 14.7 Å². The predicted octanol–water partition coefficient (Wildman–Crippen LogP) is 3.37. The molecule has 1 atom stereocenters. The number of hydrogen-bond acceptors (Lipinski definition) is 9. The van der Waals surface area contributed by atoms with Crippen LogP contribution < -0.4 is 15.0 Å². The van der Waals surface area contributed by atoms with Gasteiger partial charge < -0.3 is 19.2 Å². The summed E-state index contributed by atoms with van der Waals surface area (Å²) in [5.74, 6) is 1.62. The van der Waals surface area contributed by atoms with Crippen LogP contribution in [0.15, 0.2) is 77.9 Å². The standard InChI is InChI=1S/C29H31N7O4/c1-38-13-12-36-28(32-33-34-36)27(23-14-22-15-25(39-2)26(40-3)16-24(22)31-29(23)37)35(18-20-8-5-4-6-9-20)19-21-10-7-11-30-17-21/h4-11,14-17,27H,12-13,18-19H2,1-3H3,(H,31,37). The van der Waals surface area contributed by atoms with E-state index < -0.39 is 6.04 Å². The Bertz CT molecular complexity index is 1560. The maximum atomic E-state index is 13.8. The molecule has 5 aromatic rings. The molecule has 0 aliphatic heterocycles. The first-order valence-electron chi connectivity index (χ1n) is 12.8. The number of aromatic nitrogens is 6. The van der Waals surface area contributed by atoms with Crippen LogP contribution in [0.5, 0.6) is 11.5 Å². The summed E-state index contributed by atoms with van der Waals surface area (Å²) in [4.78, 5) is 23.3. The molecule has 0 fully saturated rings. The zero-order valence-electron chi connectivity index (χ0n) is 22.7. The number of rotatable bonds is 12. The van der Waals surface area contributed by atoms with E-state index in [1.807, 2.05) is 48.7 Å². The largest absolute Gasteiger partial charge is 0.493 e. The molecule has 0 aliphatic carbocycles. The molecule has 0 radical (unpaired) electrons. The summed E-state index contributed by atoms with van der Waals surface area (Å²) >= 11 is 0. The van der Waals surface area contributed by atoms with Crippen LogP contribution in [0.4, 0.5) is 0 Å². The minimum absolute atomic E-state index is 0.254. The molecule has 40 heavy (non-hydrogen) atoms. The van der Waals surface area contributed by atoms with Crippen LogP contribution in [0.3, 0.4) is 0 Å². The highest BCUT2D eigenvalue weighted by Gasteiger charge is 2.31. The van der Waals surface area contributed by atoms with E-state index in [2.05, 4.69) is 42.5 Å². The van der Waals surface area contributed by atoms with Gasteiger partial charge in [0.15, 0.2) is 17.3 Å². The number of fused-ring (bicyclic) bond motifs is 1. The van der Waals surface area contributed by atoms with Crippen molar-refractivity contribution in [3.63, 3.8) is 0 Å². The van der Waals surface area contributed by atoms with Crippen molar-refractivity contribution in [2.45, 2.75) is 25.7 Å². The van der Waals surface area contributed by atoms with Gasteiger partial charge in [-0.05, 0) is 39.8 Å². The lowest BCUT2D eigenvalue weighted by atomic mass is 10.0. The maximum absolute atomic E-state index is 13.8. The van der Waals surface area contributed by atoms with Crippen molar-refractivity contribution in [2.75, 3.05) is 27.9 Å². The second-order valence-electron chi connectivity index (χ2n) is 9.26. The molecule has 0 saturated heterocycles. The third kappa shape index (κ3) is 5.85. The minimum Gasteiger partial charge on any atom is -0.493 e. The lowest BCUT2D eigenvalue weighted by molar-refractivity contribution is 0.169. The number of nitrogens with one attached hydrogen (secondary N) is 1. The fourth-order valence-corrected chi connectivity index (χ4v) is 4.78. The van der Waals surface area contributed by atoms with Gasteiger partial charge in [0, 0.05) is 49.6 Å². The predicted molar refractivity (Wildman–Crippen MR) is 149 cm³/mol. The van der Waals surface area contributed by atoms with Gasteiger partial charge in [0.25, 0.3) is 5.56 Å². The van der Waals surface area contributed by atoms with Gasteiger partial charge in [-0.1, -0.05) is 36.4 Å².